The Bertz CT molecular complexity index is 1680. The third-order valence-corrected chi connectivity index (χ3v) is 9.04. The second-order valence-corrected chi connectivity index (χ2v) is 12.7. The van der Waals surface area contributed by atoms with Crippen molar-refractivity contribution in [2.75, 3.05) is 80.0 Å². The summed E-state index contributed by atoms with van der Waals surface area (Å²) in [6.07, 6.45) is 1.67. The molecule has 0 saturated heterocycles. The monoisotopic (exact) mass is 714 g/mol. The van der Waals surface area contributed by atoms with Gasteiger partial charge in [0.05, 0.1) is 58.3 Å². The minimum absolute atomic E-state index is 0.0252. The number of aliphatic hydroxyl groups is 1. The van der Waals surface area contributed by atoms with Crippen molar-refractivity contribution in [3.05, 3.63) is 118 Å². The first-order chi connectivity index (χ1) is 25.4. The number of carboxylic acids is 1. The van der Waals surface area contributed by atoms with Crippen LogP contribution in [-0.4, -0.2) is 96.2 Å². The molecule has 5 rings (SSSR count). The zero-order chi connectivity index (χ0) is 36.8. The summed E-state index contributed by atoms with van der Waals surface area (Å²) in [7, 11) is 1.62. The second-order valence-electron chi connectivity index (χ2n) is 12.7. The van der Waals surface area contributed by atoms with Gasteiger partial charge in [-0.3, -0.25) is 0 Å². The molecule has 0 unspecified atom stereocenters. The lowest BCUT2D eigenvalue weighted by Crippen LogP contribution is -2.29. The third-order valence-electron chi connectivity index (χ3n) is 9.04. The fraction of sp³-hybridized carbons (Fsp3) is 0.405. The van der Waals surface area contributed by atoms with Crippen molar-refractivity contribution in [1.29, 1.82) is 0 Å². The van der Waals surface area contributed by atoms with Gasteiger partial charge in [0.15, 0.2) is 6.79 Å². The summed E-state index contributed by atoms with van der Waals surface area (Å²) < 4.78 is 38.9. The topological polar surface area (TPSA) is 122 Å². The van der Waals surface area contributed by atoms with Gasteiger partial charge in [0.2, 0.25) is 0 Å². The Morgan fingerprint density at radius 2 is 1.19 bits per heavy atom. The molecule has 0 aliphatic heterocycles. The minimum Gasteiger partial charge on any atom is -0.490 e. The zero-order valence-electron chi connectivity index (χ0n) is 30.4. The number of benzene rings is 4. The number of unbranched alkanes of at least 4 members (excludes halogenated alkanes) is 1. The summed E-state index contributed by atoms with van der Waals surface area (Å²) in [5.74, 6) is -0.136. The number of aromatic carboxylic acids is 1. The molecule has 0 heterocycles. The normalized spacial score (nSPS) is 12.8. The number of ether oxygens (including phenoxy) is 7. The minimum atomic E-state index is -1.08. The number of methoxy groups -OCH3 is 1. The fourth-order valence-corrected chi connectivity index (χ4v) is 6.62. The first-order valence-corrected chi connectivity index (χ1v) is 17.8. The number of aryl methyl sites for hydroxylation is 2. The Labute approximate surface area is 306 Å². The molecular formula is C42H50O10. The van der Waals surface area contributed by atoms with Crippen molar-refractivity contribution in [1.82, 2.24) is 0 Å². The predicted molar refractivity (Wildman–Crippen MR) is 198 cm³/mol. The molecule has 0 aromatic heterocycles. The van der Waals surface area contributed by atoms with E-state index in [-0.39, 0.29) is 37.9 Å². The average molecular weight is 715 g/mol. The Kier molecular flexibility index (Phi) is 14.6. The molecule has 0 amide bonds. The van der Waals surface area contributed by atoms with Crippen molar-refractivity contribution >= 4 is 5.97 Å². The standard InChI is InChI=1S/C42H50O10/c1-30-6-13-35-36-14-7-31(2)27-39(36)42(38(35)26-30,32-8-11-34(12-9-32)52-29-50-18-5-4-17-47-19-16-43)33-10-15-40(37(28-33)41(44)45)51-25-24-49-23-22-48-21-20-46-3/h6-15,26-28,43H,4-5,16-25,29H2,1-3H3,(H,44,45). The molecular weight excluding hydrogens is 664 g/mol. The molecule has 4 aromatic carbocycles. The van der Waals surface area contributed by atoms with Gasteiger partial charge in [0, 0.05) is 13.7 Å². The van der Waals surface area contributed by atoms with Crippen LogP contribution < -0.4 is 9.47 Å². The van der Waals surface area contributed by atoms with E-state index in [1.165, 1.54) is 0 Å². The van der Waals surface area contributed by atoms with Crippen molar-refractivity contribution in [3.8, 4) is 22.6 Å². The number of carboxylic acid groups (broad SMARTS) is 1. The Hall–Kier alpha value is -4.29. The van der Waals surface area contributed by atoms with E-state index in [0.717, 1.165) is 57.3 Å². The van der Waals surface area contributed by atoms with E-state index in [0.29, 0.717) is 52.0 Å². The van der Waals surface area contributed by atoms with Crippen LogP contribution >= 0.6 is 0 Å². The van der Waals surface area contributed by atoms with Crippen LogP contribution in [0.25, 0.3) is 11.1 Å². The first-order valence-electron chi connectivity index (χ1n) is 17.8. The molecule has 1 aliphatic rings. The highest BCUT2D eigenvalue weighted by Crippen LogP contribution is 2.57. The molecule has 2 N–H and O–H groups in total. The van der Waals surface area contributed by atoms with Crippen molar-refractivity contribution in [2.45, 2.75) is 32.1 Å². The van der Waals surface area contributed by atoms with Crippen LogP contribution in [0.2, 0.25) is 0 Å². The highest BCUT2D eigenvalue weighted by atomic mass is 16.7. The van der Waals surface area contributed by atoms with Crippen LogP contribution in [0.3, 0.4) is 0 Å². The van der Waals surface area contributed by atoms with Crippen LogP contribution in [0.15, 0.2) is 78.9 Å². The van der Waals surface area contributed by atoms with Gasteiger partial charge in [-0.1, -0.05) is 65.7 Å². The average Bonchev–Trinajstić information content (AvgIpc) is 3.42. The van der Waals surface area contributed by atoms with E-state index in [9.17, 15) is 9.90 Å². The lowest BCUT2D eigenvalue weighted by atomic mass is 9.67. The highest BCUT2D eigenvalue weighted by molar-refractivity contribution is 5.93. The van der Waals surface area contributed by atoms with Gasteiger partial charge in [-0.2, -0.15) is 0 Å². The molecule has 0 spiro atoms. The Morgan fingerprint density at radius 1 is 0.615 bits per heavy atom. The quantitative estimate of drug-likeness (QED) is 0.0568. The lowest BCUT2D eigenvalue weighted by Gasteiger charge is -2.34. The number of carbonyl (C=O) groups is 1. The number of aliphatic hydroxyl groups excluding tert-OH is 1. The van der Waals surface area contributed by atoms with Gasteiger partial charge in [-0.05, 0) is 84.3 Å². The van der Waals surface area contributed by atoms with Crippen LogP contribution in [0.5, 0.6) is 11.5 Å². The molecule has 0 bridgehead atoms. The van der Waals surface area contributed by atoms with Gasteiger partial charge in [-0.15, -0.1) is 0 Å². The third kappa shape index (κ3) is 9.38. The first kappa shape index (κ1) is 38.9. The number of rotatable bonds is 23. The van der Waals surface area contributed by atoms with Gasteiger partial charge in [0.1, 0.15) is 23.7 Å². The maximum absolute atomic E-state index is 12.8. The maximum Gasteiger partial charge on any atom is 0.339 e. The molecule has 52 heavy (non-hydrogen) atoms. The number of hydrogen-bond acceptors (Lipinski definition) is 9. The van der Waals surface area contributed by atoms with Crippen LogP contribution in [0, 0.1) is 13.8 Å². The molecule has 0 fully saturated rings. The summed E-state index contributed by atoms with van der Waals surface area (Å²) in [5, 5.41) is 19.3. The van der Waals surface area contributed by atoms with Gasteiger partial charge in [-0.25, -0.2) is 4.79 Å². The molecule has 10 nitrogen and oxygen atoms in total. The Balaban J connectivity index is 1.41. The zero-order valence-corrected chi connectivity index (χ0v) is 30.4. The van der Waals surface area contributed by atoms with Crippen LogP contribution in [0.4, 0.5) is 0 Å². The highest BCUT2D eigenvalue weighted by Gasteiger charge is 2.46. The van der Waals surface area contributed by atoms with Crippen molar-refractivity contribution < 1.29 is 48.2 Å². The summed E-state index contributed by atoms with van der Waals surface area (Å²) in [4.78, 5) is 12.8. The lowest BCUT2D eigenvalue weighted by molar-refractivity contribution is 0.00997. The van der Waals surface area contributed by atoms with E-state index >= 15 is 0 Å². The van der Waals surface area contributed by atoms with Crippen molar-refractivity contribution in [3.63, 3.8) is 0 Å². The van der Waals surface area contributed by atoms with Gasteiger partial charge in [0.25, 0.3) is 0 Å². The number of hydrogen-bond donors (Lipinski definition) is 2. The molecule has 1 aliphatic carbocycles. The van der Waals surface area contributed by atoms with E-state index in [2.05, 4.69) is 62.4 Å². The smallest absolute Gasteiger partial charge is 0.339 e. The summed E-state index contributed by atoms with van der Waals surface area (Å²) >= 11 is 0. The van der Waals surface area contributed by atoms with E-state index in [4.69, 9.17) is 38.3 Å². The molecule has 0 radical (unpaired) electrons. The van der Waals surface area contributed by atoms with E-state index in [1.807, 2.05) is 18.2 Å². The predicted octanol–water partition coefficient (Wildman–Crippen LogP) is 6.57. The molecule has 278 valence electrons. The van der Waals surface area contributed by atoms with E-state index in [1.54, 1.807) is 19.2 Å². The van der Waals surface area contributed by atoms with Crippen LogP contribution in [0.1, 0.15) is 56.6 Å². The molecule has 10 heteroatoms. The summed E-state index contributed by atoms with van der Waals surface area (Å²) in [6, 6.07) is 26.4. The second kappa shape index (κ2) is 19.5. The van der Waals surface area contributed by atoms with E-state index < -0.39 is 11.4 Å². The molecule has 4 aromatic rings. The fourth-order valence-electron chi connectivity index (χ4n) is 6.62. The van der Waals surface area contributed by atoms with Crippen LogP contribution in [-0.2, 0) is 29.1 Å². The summed E-state index contributed by atoms with van der Waals surface area (Å²) in [6.45, 7) is 8.11. The largest absolute Gasteiger partial charge is 0.490 e. The molecule has 0 atom stereocenters. The van der Waals surface area contributed by atoms with Gasteiger partial charge >= 0.3 is 5.97 Å². The molecule has 0 saturated carbocycles. The van der Waals surface area contributed by atoms with Crippen molar-refractivity contribution in [2.24, 2.45) is 0 Å². The van der Waals surface area contributed by atoms with Gasteiger partial charge < -0.3 is 43.4 Å². The Morgan fingerprint density at radius 3 is 1.81 bits per heavy atom. The summed E-state index contributed by atoms with van der Waals surface area (Å²) in [5.41, 5.74) is 7.65. The maximum atomic E-state index is 12.8. The SMILES string of the molecule is COCCOCCOCCOc1ccc(C2(c3ccc(OCOCCCCOCCO)cc3)c3cc(C)ccc3-c3ccc(C)cc32)cc1C(=O)O. The number of fused-ring (bicyclic) bond motifs is 3.